The summed E-state index contributed by atoms with van der Waals surface area (Å²) >= 11 is 5.38. The number of anilines is 2. The third kappa shape index (κ3) is 5.37. The van der Waals surface area contributed by atoms with Crippen LogP contribution in [0, 0.1) is 6.92 Å². The highest BCUT2D eigenvalue weighted by Crippen LogP contribution is 2.30. The fourth-order valence-electron chi connectivity index (χ4n) is 2.85. The quantitative estimate of drug-likeness (QED) is 0.607. The van der Waals surface area contributed by atoms with Gasteiger partial charge in [0.2, 0.25) is 10.0 Å². The van der Waals surface area contributed by atoms with Crippen molar-refractivity contribution in [3.8, 4) is 11.5 Å². The minimum absolute atomic E-state index is 0.267. The molecule has 0 fully saturated rings. The molecule has 2 aromatic carbocycles. The van der Waals surface area contributed by atoms with Crippen LogP contribution in [0.4, 0.5) is 11.4 Å². The number of benzene rings is 2. The van der Waals surface area contributed by atoms with E-state index in [4.69, 9.17) is 21.7 Å². The van der Waals surface area contributed by atoms with E-state index in [9.17, 15) is 8.42 Å². The van der Waals surface area contributed by atoms with Crippen molar-refractivity contribution in [3.05, 3.63) is 42.0 Å². The second-order valence-corrected chi connectivity index (χ2v) is 8.56. The largest absolute Gasteiger partial charge is 0.493 e. The first kappa shape index (κ1) is 22.9. The Morgan fingerprint density at radius 3 is 2.21 bits per heavy atom. The van der Waals surface area contributed by atoms with Crippen molar-refractivity contribution in [2.45, 2.75) is 25.7 Å². The van der Waals surface area contributed by atoms with Gasteiger partial charge in [0.1, 0.15) is 0 Å². The van der Waals surface area contributed by atoms with Gasteiger partial charge in [-0.3, -0.25) is 0 Å². The first-order valence-electron chi connectivity index (χ1n) is 9.17. The molecule has 0 aliphatic rings. The summed E-state index contributed by atoms with van der Waals surface area (Å²) in [6, 6.07) is 10.3. The number of hydrogen-bond donors (Lipinski definition) is 2. The minimum atomic E-state index is -3.50. The number of ether oxygens (including phenoxy) is 2. The van der Waals surface area contributed by atoms with Gasteiger partial charge in [-0.2, -0.15) is 4.31 Å². The summed E-state index contributed by atoms with van der Waals surface area (Å²) in [5.41, 5.74) is 2.23. The zero-order valence-electron chi connectivity index (χ0n) is 17.3. The first-order valence-corrected chi connectivity index (χ1v) is 11.0. The Kier molecular flexibility index (Phi) is 7.83. The molecule has 7 nitrogen and oxygen atoms in total. The Morgan fingerprint density at radius 2 is 1.66 bits per heavy atom. The highest BCUT2D eigenvalue weighted by molar-refractivity contribution is 7.89. The maximum absolute atomic E-state index is 12.7. The summed E-state index contributed by atoms with van der Waals surface area (Å²) in [4.78, 5) is 0.267. The maximum atomic E-state index is 12.7. The molecule has 0 amide bonds. The van der Waals surface area contributed by atoms with Crippen LogP contribution in [0.2, 0.25) is 0 Å². The lowest BCUT2D eigenvalue weighted by Gasteiger charge is -2.19. The van der Waals surface area contributed by atoms with E-state index in [1.807, 2.05) is 26.8 Å². The molecule has 0 aliphatic carbocycles. The predicted molar refractivity (Wildman–Crippen MR) is 121 cm³/mol. The Labute approximate surface area is 178 Å². The molecule has 0 heterocycles. The summed E-state index contributed by atoms with van der Waals surface area (Å²) in [5.74, 6) is 1.21. The molecule has 0 spiro atoms. The van der Waals surface area contributed by atoms with Crippen molar-refractivity contribution >= 4 is 38.7 Å². The summed E-state index contributed by atoms with van der Waals surface area (Å²) in [6.45, 7) is 6.33. The van der Waals surface area contributed by atoms with Gasteiger partial charge >= 0.3 is 0 Å². The van der Waals surface area contributed by atoms with Crippen LogP contribution in [0.3, 0.4) is 0 Å². The van der Waals surface area contributed by atoms with Crippen molar-refractivity contribution in [1.29, 1.82) is 0 Å². The molecule has 0 aliphatic heterocycles. The van der Waals surface area contributed by atoms with E-state index in [2.05, 4.69) is 10.6 Å². The molecule has 158 valence electrons. The van der Waals surface area contributed by atoms with Crippen LogP contribution in [-0.4, -0.2) is 45.1 Å². The highest BCUT2D eigenvalue weighted by atomic mass is 32.2. The molecule has 0 aromatic heterocycles. The number of nitrogens with one attached hydrogen (secondary N) is 2. The second kappa shape index (κ2) is 9.91. The number of rotatable bonds is 8. The molecular formula is C20H27N3O4S2. The minimum Gasteiger partial charge on any atom is -0.493 e. The van der Waals surface area contributed by atoms with Gasteiger partial charge in [-0.05, 0) is 55.0 Å². The average Bonchev–Trinajstić information content (AvgIpc) is 2.70. The van der Waals surface area contributed by atoms with Crippen LogP contribution in [0.15, 0.2) is 41.3 Å². The van der Waals surface area contributed by atoms with Crippen molar-refractivity contribution in [2.24, 2.45) is 0 Å². The monoisotopic (exact) mass is 437 g/mol. The normalized spacial score (nSPS) is 11.2. The third-order valence-electron chi connectivity index (χ3n) is 4.43. The van der Waals surface area contributed by atoms with Crippen LogP contribution in [-0.2, 0) is 10.0 Å². The Bertz CT molecular complexity index is 974. The van der Waals surface area contributed by atoms with Crippen molar-refractivity contribution in [3.63, 3.8) is 0 Å². The van der Waals surface area contributed by atoms with E-state index < -0.39 is 10.0 Å². The molecule has 2 aromatic rings. The summed E-state index contributed by atoms with van der Waals surface area (Å²) < 4.78 is 37.3. The van der Waals surface area contributed by atoms with Crippen LogP contribution in [0.25, 0.3) is 0 Å². The fraction of sp³-hybridized carbons (Fsp3) is 0.350. The SMILES string of the molecule is CCN(CC)S(=O)(=O)c1ccc(NC(=S)Nc2ccc(OC)c(OC)c2)c(C)c1. The first-order chi connectivity index (χ1) is 13.8. The zero-order chi connectivity index (χ0) is 21.6. The predicted octanol–water partition coefficient (Wildman–Crippen LogP) is 3.85. The van der Waals surface area contributed by atoms with Crippen LogP contribution >= 0.6 is 12.2 Å². The number of sulfonamides is 1. The van der Waals surface area contributed by atoms with E-state index in [0.717, 1.165) is 16.9 Å². The smallest absolute Gasteiger partial charge is 0.243 e. The zero-order valence-corrected chi connectivity index (χ0v) is 18.9. The van der Waals surface area contributed by atoms with E-state index in [-0.39, 0.29) is 4.90 Å². The number of methoxy groups -OCH3 is 2. The van der Waals surface area contributed by atoms with Crippen LogP contribution in [0.5, 0.6) is 11.5 Å². The lowest BCUT2D eigenvalue weighted by Crippen LogP contribution is -2.30. The lowest BCUT2D eigenvalue weighted by atomic mass is 10.2. The number of hydrogen-bond acceptors (Lipinski definition) is 5. The van der Waals surface area contributed by atoms with Gasteiger partial charge < -0.3 is 20.1 Å². The van der Waals surface area contributed by atoms with Crippen LogP contribution in [0.1, 0.15) is 19.4 Å². The molecule has 29 heavy (non-hydrogen) atoms. The molecule has 0 saturated carbocycles. The third-order valence-corrected chi connectivity index (χ3v) is 6.68. The van der Waals surface area contributed by atoms with Gasteiger partial charge in [0.25, 0.3) is 0 Å². The average molecular weight is 438 g/mol. The van der Waals surface area contributed by atoms with Gasteiger partial charge in [0.05, 0.1) is 19.1 Å². The molecule has 0 saturated heterocycles. The van der Waals surface area contributed by atoms with Gasteiger partial charge in [0, 0.05) is 30.5 Å². The van der Waals surface area contributed by atoms with Gasteiger partial charge in [-0.25, -0.2) is 8.42 Å². The molecular weight excluding hydrogens is 410 g/mol. The van der Waals surface area contributed by atoms with E-state index in [0.29, 0.717) is 29.7 Å². The molecule has 2 N–H and O–H groups in total. The number of nitrogens with zero attached hydrogens (tertiary/aromatic N) is 1. The molecule has 9 heteroatoms. The topological polar surface area (TPSA) is 79.9 Å². The molecule has 0 unspecified atom stereocenters. The van der Waals surface area contributed by atoms with Crippen molar-refractivity contribution in [1.82, 2.24) is 4.31 Å². The van der Waals surface area contributed by atoms with Crippen LogP contribution < -0.4 is 20.1 Å². The Hall–Kier alpha value is -2.36. The number of thiocarbonyl (C=S) groups is 1. The fourth-order valence-corrected chi connectivity index (χ4v) is 4.62. The number of aryl methyl sites for hydroxylation is 1. The van der Waals surface area contributed by atoms with E-state index >= 15 is 0 Å². The molecule has 2 rings (SSSR count). The Morgan fingerprint density at radius 1 is 1.00 bits per heavy atom. The van der Waals surface area contributed by atoms with E-state index in [1.165, 1.54) is 4.31 Å². The molecule has 0 atom stereocenters. The van der Waals surface area contributed by atoms with Gasteiger partial charge in [-0.1, -0.05) is 13.8 Å². The second-order valence-electron chi connectivity index (χ2n) is 6.21. The lowest BCUT2D eigenvalue weighted by molar-refractivity contribution is 0.355. The standard InChI is InChI=1S/C20H27N3O4S2/c1-6-23(7-2)29(24,25)16-9-10-17(14(3)12-16)22-20(28)21-15-8-11-18(26-4)19(13-15)27-5/h8-13H,6-7H2,1-5H3,(H2,21,22,28). The van der Waals surface area contributed by atoms with Gasteiger partial charge in [-0.15, -0.1) is 0 Å². The summed E-state index contributed by atoms with van der Waals surface area (Å²) in [6.07, 6.45) is 0. The van der Waals surface area contributed by atoms with Crippen molar-refractivity contribution < 1.29 is 17.9 Å². The van der Waals surface area contributed by atoms with Gasteiger partial charge in [0.15, 0.2) is 16.6 Å². The molecule has 0 radical (unpaired) electrons. The van der Waals surface area contributed by atoms with E-state index in [1.54, 1.807) is 44.6 Å². The summed E-state index contributed by atoms with van der Waals surface area (Å²) in [7, 11) is -0.362. The highest BCUT2D eigenvalue weighted by Gasteiger charge is 2.22. The maximum Gasteiger partial charge on any atom is 0.243 e. The summed E-state index contributed by atoms with van der Waals surface area (Å²) in [5, 5.41) is 6.56. The Balaban J connectivity index is 2.15. The molecule has 0 bridgehead atoms. The van der Waals surface area contributed by atoms with Crippen molar-refractivity contribution in [2.75, 3.05) is 37.9 Å².